The van der Waals surface area contributed by atoms with Gasteiger partial charge in [0.1, 0.15) is 14.7 Å². The van der Waals surface area contributed by atoms with E-state index >= 15 is 0 Å². The first kappa shape index (κ1) is 12.3. The Morgan fingerprint density at radius 1 is 1.06 bits per heavy atom. The van der Waals surface area contributed by atoms with Gasteiger partial charge in [-0.25, -0.2) is 4.90 Å². The normalized spacial score (nSPS) is 16.1. The van der Waals surface area contributed by atoms with Crippen molar-refractivity contribution in [3.05, 3.63) is 32.7 Å². The van der Waals surface area contributed by atoms with Crippen LogP contribution >= 0.6 is 31.9 Å². The van der Waals surface area contributed by atoms with Crippen molar-refractivity contribution in [3.8, 4) is 5.75 Å². The number of aromatic hydroxyl groups is 1. The van der Waals surface area contributed by atoms with Crippen molar-refractivity contribution in [2.45, 2.75) is 6.92 Å². The van der Waals surface area contributed by atoms with E-state index in [4.69, 9.17) is 0 Å². The number of amides is 2. The van der Waals surface area contributed by atoms with Crippen LogP contribution in [-0.4, -0.2) is 16.9 Å². The molecule has 0 bridgehead atoms. The zero-order valence-electron chi connectivity index (χ0n) is 8.70. The molecule has 0 aromatic heterocycles. The summed E-state index contributed by atoms with van der Waals surface area (Å²) in [6.07, 6.45) is 0. The van der Waals surface area contributed by atoms with Crippen molar-refractivity contribution < 1.29 is 14.7 Å². The highest BCUT2D eigenvalue weighted by Crippen LogP contribution is 2.34. The zero-order chi connectivity index (χ0) is 12.7. The molecule has 0 aliphatic carbocycles. The van der Waals surface area contributed by atoms with Crippen LogP contribution in [0.2, 0.25) is 0 Å². The van der Waals surface area contributed by atoms with Gasteiger partial charge in [0.05, 0.1) is 5.69 Å². The summed E-state index contributed by atoms with van der Waals surface area (Å²) in [5.41, 5.74) is 1.11. The Labute approximate surface area is 114 Å². The fourth-order valence-corrected chi connectivity index (χ4v) is 2.28. The third-order valence-corrected chi connectivity index (χ3v) is 4.28. The summed E-state index contributed by atoms with van der Waals surface area (Å²) in [4.78, 5) is 24.7. The summed E-state index contributed by atoms with van der Waals surface area (Å²) in [6, 6.07) is 4.57. The summed E-state index contributed by atoms with van der Waals surface area (Å²) in [7, 11) is 0. The number of hydrogen-bond donors (Lipinski definition) is 1. The second-order valence-corrected chi connectivity index (χ2v) is 5.19. The number of nitrogens with zero attached hydrogens (tertiary/aromatic N) is 1. The predicted octanol–water partition coefficient (Wildman–Crippen LogP) is 2.58. The molecule has 6 heteroatoms. The molecule has 0 saturated carbocycles. The summed E-state index contributed by atoms with van der Waals surface area (Å²) in [5, 5.41) is 9.47. The number of aryl methyl sites for hydroxylation is 1. The van der Waals surface area contributed by atoms with Gasteiger partial charge in [-0.3, -0.25) is 9.59 Å². The minimum absolute atomic E-state index is 0.0137. The first-order valence-corrected chi connectivity index (χ1v) is 6.25. The van der Waals surface area contributed by atoms with Gasteiger partial charge in [-0.1, -0.05) is 0 Å². The Kier molecular flexibility index (Phi) is 3.09. The number of imide groups is 1. The molecule has 0 saturated heterocycles. The van der Waals surface area contributed by atoms with E-state index in [-0.39, 0.29) is 14.7 Å². The molecule has 88 valence electrons. The second-order valence-electron chi connectivity index (χ2n) is 3.60. The lowest BCUT2D eigenvalue weighted by atomic mass is 10.2. The molecule has 17 heavy (non-hydrogen) atoms. The van der Waals surface area contributed by atoms with Crippen LogP contribution in [0.5, 0.6) is 5.75 Å². The van der Waals surface area contributed by atoms with Crippen molar-refractivity contribution in [1.29, 1.82) is 0 Å². The van der Waals surface area contributed by atoms with Gasteiger partial charge in [0, 0.05) is 6.07 Å². The first-order valence-electron chi connectivity index (χ1n) is 4.66. The van der Waals surface area contributed by atoms with E-state index in [9.17, 15) is 14.7 Å². The van der Waals surface area contributed by atoms with Crippen LogP contribution in [0.25, 0.3) is 0 Å². The van der Waals surface area contributed by atoms with Crippen molar-refractivity contribution in [1.82, 2.24) is 0 Å². The highest BCUT2D eigenvalue weighted by atomic mass is 79.9. The Hall–Kier alpha value is -1.14. The number of benzene rings is 1. The molecule has 1 aromatic carbocycles. The molecule has 1 N–H and O–H groups in total. The Morgan fingerprint density at radius 2 is 1.59 bits per heavy atom. The largest absolute Gasteiger partial charge is 0.508 e. The molecule has 0 atom stereocenters. The lowest BCUT2D eigenvalue weighted by Crippen LogP contribution is -2.30. The Balaban J connectivity index is 2.50. The van der Waals surface area contributed by atoms with Crippen LogP contribution < -0.4 is 4.90 Å². The molecule has 1 aliphatic rings. The van der Waals surface area contributed by atoms with Crippen molar-refractivity contribution in [3.63, 3.8) is 0 Å². The zero-order valence-corrected chi connectivity index (χ0v) is 11.9. The standard InChI is InChI=1S/C11H7Br2NO3/c1-5-2-6(4-7(15)3-5)14-10(16)8(12)9(13)11(14)17/h2-4,15H,1H3. The van der Waals surface area contributed by atoms with E-state index in [1.54, 1.807) is 19.1 Å². The molecule has 2 amide bonds. The quantitative estimate of drug-likeness (QED) is 0.783. The molecular formula is C11H7Br2NO3. The highest BCUT2D eigenvalue weighted by Gasteiger charge is 2.37. The number of rotatable bonds is 1. The van der Waals surface area contributed by atoms with E-state index in [2.05, 4.69) is 31.9 Å². The smallest absolute Gasteiger partial charge is 0.273 e. The van der Waals surface area contributed by atoms with Gasteiger partial charge in [-0.15, -0.1) is 0 Å². The van der Waals surface area contributed by atoms with Crippen LogP contribution in [0, 0.1) is 6.92 Å². The summed E-state index contributed by atoms with van der Waals surface area (Å²) in [6.45, 7) is 1.77. The van der Waals surface area contributed by atoms with E-state index in [0.717, 1.165) is 10.5 Å². The third kappa shape index (κ3) is 2.02. The number of phenols is 1. The van der Waals surface area contributed by atoms with E-state index in [0.29, 0.717) is 5.69 Å². The molecule has 0 radical (unpaired) electrons. The molecule has 1 heterocycles. The molecule has 0 spiro atoms. The molecule has 2 rings (SSSR count). The topological polar surface area (TPSA) is 57.6 Å². The fourth-order valence-electron chi connectivity index (χ4n) is 1.58. The van der Waals surface area contributed by atoms with Gasteiger partial charge in [0.15, 0.2) is 0 Å². The number of halogens is 2. The SMILES string of the molecule is Cc1cc(O)cc(N2C(=O)C(Br)=C(Br)C2=O)c1. The average molecular weight is 361 g/mol. The maximum absolute atomic E-state index is 11.8. The van der Waals surface area contributed by atoms with Gasteiger partial charge in [-0.2, -0.15) is 0 Å². The van der Waals surface area contributed by atoms with Crippen LogP contribution in [-0.2, 0) is 9.59 Å². The van der Waals surface area contributed by atoms with Crippen molar-refractivity contribution in [2.24, 2.45) is 0 Å². The number of phenolic OH excluding ortho intramolecular Hbond substituents is 1. The van der Waals surface area contributed by atoms with Crippen molar-refractivity contribution >= 4 is 49.4 Å². The predicted molar refractivity (Wildman–Crippen MR) is 70.2 cm³/mol. The van der Waals surface area contributed by atoms with E-state index in [1.165, 1.54) is 6.07 Å². The monoisotopic (exact) mass is 359 g/mol. The van der Waals surface area contributed by atoms with E-state index < -0.39 is 11.8 Å². The van der Waals surface area contributed by atoms with Gasteiger partial charge in [-0.05, 0) is 56.5 Å². The lowest BCUT2D eigenvalue weighted by molar-refractivity contribution is -0.120. The Morgan fingerprint density at radius 3 is 2.06 bits per heavy atom. The number of carbonyl (C=O) groups excluding carboxylic acids is 2. The summed E-state index contributed by atoms with van der Waals surface area (Å²) in [5.74, 6) is -0.890. The van der Waals surface area contributed by atoms with E-state index in [1.807, 2.05) is 0 Å². The number of anilines is 1. The second kappa shape index (κ2) is 4.27. The van der Waals surface area contributed by atoms with Gasteiger partial charge in [0.25, 0.3) is 11.8 Å². The van der Waals surface area contributed by atoms with Gasteiger partial charge < -0.3 is 5.11 Å². The fraction of sp³-hybridized carbons (Fsp3) is 0.0909. The van der Waals surface area contributed by atoms with Crippen LogP contribution in [0.1, 0.15) is 5.56 Å². The van der Waals surface area contributed by atoms with Crippen LogP contribution in [0.4, 0.5) is 5.69 Å². The lowest BCUT2D eigenvalue weighted by Gasteiger charge is -2.15. The minimum Gasteiger partial charge on any atom is -0.508 e. The average Bonchev–Trinajstić information content (AvgIpc) is 2.42. The first-order chi connectivity index (χ1) is 7.91. The maximum atomic E-state index is 11.8. The summed E-state index contributed by atoms with van der Waals surface area (Å²) < 4.78 is 0.368. The maximum Gasteiger partial charge on any atom is 0.273 e. The third-order valence-electron chi connectivity index (χ3n) is 2.28. The van der Waals surface area contributed by atoms with Crippen LogP contribution in [0.15, 0.2) is 27.2 Å². The van der Waals surface area contributed by atoms with Crippen molar-refractivity contribution in [2.75, 3.05) is 4.90 Å². The summed E-state index contributed by atoms with van der Waals surface area (Å²) >= 11 is 6.08. The van der Waals surface area contributed by atoms with Gasteiger partial charge in [0.2, 0.25) is 0 Å². The van der Waals surface area contributed by atoms with Gasteiger partial charge >= 0.3 is 0 Å². The molecule has 0 unspecified atom stereocenters. The number of hydrogen-bond acceptors (Lipinski definition) is 3. The minimum atomic E-state index is -0.452. The Bertz CT molecular complexity index is 522. The molecule has 0 fully saturated rings. The molecule has 4 nitrogen and oxygen atoms in total. The molecule has 1 aromatic rings. The molecular weight excluding hydrogens is 354 g/mol. The number of carbonyl (C=O) groups is 2. The highest BCUT2D eigenvalue weighted by molar-refractivity contribution is 9.14. The molecule has 1 aliphatic heterocycles. The van der Waals surface area contributed by atoms with Crippen LogP contribution in [0.3, 0.4) is 0 Å².